The molecule has 5 nitrogen and oxygen atoms in total. The summed E-state index contributed by atoms with van der Waals surface area (Å²) in [6.07, 6.45) is 0.186. The Balaban J connectivity index is 1.60. The van der Waals surface area contributed by atoms with Crippen molar-refractivity contribution in [1.82, 2.24) is 9.21 Å². The molecule has 1 saturated heterocycles. The Bertz CT molecular complexity index is 872. The summed E-state index contributed by atoms with van der Waals surface area (Å²) in [6, 6.07) is 12.6. The lowest BCUT2D eigenvalue weighted by Gasteiger charge is -2.34. The number of aryl methyl sites for hydroxylation is 1. The number of carbonyl (C=O) groups is 1. The van der Waals surface area contributed by atoms with Crippen LogP contribution in [0.15, 0.2) is 53.4 Å². The third-order valence-corrected chi connectivity index (χ3v) is 6.43. The van der Waals surface area contributed by atoms with E-state index in [9.17, 15) is 17.6 Å². The van der Waals surface area contributed by atoms with Gasteiger partial charge in [0.2, 0.25) is 15.9 Å². The second-order valence-corrected chi connectivity index (χ2v) is 8.34. The second kappa shape index (κ2) is 7.55. The molecule has 0 radical (unpaired) electrons. The molecule has 7 heteroatoms. The summed E-state index contributed by atoms with van der Waals surface area (Å²) >= 11 is 0. The van der Waals surface area contributed by atoms with Crippen LogP contribution >= 0.6 is 0 Å². The minimum absolute atomic E-state index is 0.0796. The Kier molecular flexibility index (Phi) is 5.38. The predicted octanol–water partition coefficient (Wildman–Crippen LogP) is 2.21. The second-order valence-electron chi connectivity index (χ2n) is 6.40. The van der Waals surface area contributed by atoms with Crippen molar-refractivity contribution < 1.29 is 17.6 Å². The topological polar surface area (TPSA) is 57.7 Å². The zero-order valence-corrected chi connectivity index (χ0v) is 15.4. The van der Waals surface area contributed by atoms with E-state index in [0.29, 0.717) is 13.1 Å². The molecule has 1 aliphatic heterocycles. The van der Waals surface area contributed by atoms with Gasteiger partial charge in [-0.25, -0.2) is 12.8 Å². The van der Waals surface area contributed by atoms with Gasteiger partial charge in [0, 0.05) is 26.2 Å². The van der Waals surface area contributed by atoms with Crippen LogP contribution in [-0.2, 0) is 21.2 Å². The molecule has 0 spiro atoms. The van der Waals surface area contributed by atoms with Crippen molar-refractivity contribution in [3.8, 4) is 0 Å². The lowest BCUT2D eigenvalue weighted by Crippen LogP contribution is -2.50. The Morgan fingerprint density at radius 2 is 1.54 bits per heavy atom. The van der Waals surface area contributed by atoms with Gasteiger partial charge in [-0.05, 0) is 36.8 Å². The molecule has 2 aromatic rings. The average Bonchev–Trinajstić information content (AvgIpc) is 2.64. The van der Waals surface area contributed by atoms with Gasteiger partial charge in [-0.15, -0.1) is 0 Å². The van der Waals surface area contributed by atoms with Crippen LogP contribution in [0.25, 0.3) is 0 Å². The highest BCUT2D eigenvalue weighted by atomic mass is 32.2. The van der Waals surface area contributed by atoms with Gasteiger partial charge in [0.25, 0.3) is 0 Å². The van der Waals surface area contributed by atoms with Gasteiger partial charge in [0.15, 0.2) is 0 Å². The summed E-state index contributed by atoms with van der Waals surface area (Å²) in [6.45, 7) is 3.15. The molecule has 3 rings (SSSR count). The summed E-state index contributed by atoms with van der Waals surface area (Å²) in [5, 5.41) is 0. The number of carbonyl (C=O) groups excluding carboxylic acids is 1. The van der Waals surface area contributed by atoms with Crippen LogP contribution < -0.4 is 0 Å². The monoisotopic (exact) mass is 376 g/mol. The van der Waals surface area contributed by atoms with Crippen LogP contribution in [0.3, 0.4) is 0 Å². The molecule has 1 amide bonds. The van der Waals surface area contributed by atoms with Crippen molar-refractivity contribution in [2.75, 3.05) is 26.2 Å². The summed E-state index contributed by atoms with van der Waals surface area (Å²) < 4.78 is 39.7. The number of halogens is 1. The third kappa shape index (κ3) is 4.11. The maximum atomic E-state index is 12.9. The first kappa shape index (κ1) is 18.5. The smallest absolute Gasteiger partial charge is 0.243 e. The Labute approximate surface area is 153 Å². The number of rotatable bonds is 4. The first-order valence-corrected chi connectivity index (χ1v) is 9.89. The van der Waals surface area contributed by atoms with Crippen molar-refractivity contribution in [3.05, 3.63) is 65.5 Å². The molecule has 1 fully saturated rings. The number of hydrogen-bond acceptors (Lipinski definition) is 3. The van der Waals surface area contributed by atoms with Crippen molar-refractivity contribution in [3.63, 3.8) is 0 Å². The van der Waals surface area contributed by atoms with E-state index in [2.05, 4.69) is 0 Å². The van der Waals surface area contributed by atoms with Gasteiger partial charge in [0.1, 0.15) is 5.82 Å². The third-order valence-electron chi connectivity index (χ3n) is 4.52. The largest absolute Gasteiger partial charge is 0.340 e. The maximum Gasteiger partial charge on any atom is 0.243 e. The van der Waals surface area contributed by atoms with Gasteiger partial charge in [-0.3, -0.25) is 4.79 Å². The summed E-state index contributed by atoms with van der Waals surface area (Å²) in [5.41, 5.74) is 1.74. The van der Waals surface area contributed by atoms with E-state index in [-0.39, 0.29) is 36.1 Å². The van der Waals surface area contributed by atoms with E-state index in [4.69, 9.17) is 0 Å². The van der Waals surface area contributed by atoms with Gasteiger partial charge in [0.05, 0.1) is 11.3 Å². The Morgan fingerprint density at radius 3 is 2.12 bits per heavy atom. The maximum absolute atomic E-state index is 12.9. The fourth-order valence-electron chi connectivity index (χ4n) is 2.93. The zero-order chi connectivity index (χ0) is 18.7. The number of sulfonamides is 1. The SMILES string of the molecule is Cc1ccc(S(=O)(=O)N2CCN(C(=O)Cc3ccc(F)cc3)CC2)cc1. The molecule has 0 bridgehead atoms. The van der Waals surface area contributed by atoms with E-state index in [1.54, 1.807) is 41.3 Å². The molecule has 0 aliphatic carbocycles. The van der Waals surface area contributed by atoms with Crippen LogP contribution in [0.4, 0.5) is 4.39 Å². The highest BCUT2D eigenvalue weighted by Gasteiger charge is 2.29. The number of piperazine rings is 1. The lowest BCUT2D eigenvalue weighted by atomic mass is 10.1. The van der Waals surface area contributed by atoms with E-state index >= 15 is 0 Å². The van der Waals surface area contributed by atoms with Crippen LogP contribution in [0, 0.1) is 12.7 Å². The molecule has 1 heterocycles. The molecule has 1 aliphatic rings. The molecule has 0 N–H and O–H groups in total. The van der Waals surface area contributed by atoms with E-state index in [1.807, 2.05) is 6.92 Å². The van der Waals surface area contributed by atoms with E-state index in [1.165, 1.54) is 16.4 Å². The van der Waals surface area contributed by atoms with Crippen molar-refractivity contribution >= 4 is 15.9 Å². The summed E-state index contributed by atoms with van der Waals surface area (Å²) in [4.78, 5) is 14.3. The molecule has 138 valence electrons. The highest BCUT2D eigenvalue weighted by Crippen LogP contribution is 2.18. The van der Waals surface area contributed by atoms with E-state index in [0.717, 1.165) is 11.1 Å². The molecule has 0 unspecified atom stereocenters. The molecule has 26 heavy (non-hydrogen) atoms. The van der Waals surface area contributed by atoms with Crippen LogP contribution in [0.5, 0.6) is 0 Å². The zero-order valence-electron chi connectivity index (χ0n) is 14.6. The Hall–Kier alpha value is -2.25. The van der Waals surface area contributed by atoms with Crippen molar-refractivity contribution in [2.45, 2.75) is 18.2 Å². The van der Waals surface area contributed by atoms with Crippen LogP contribution in [-0.4, -0.2) is 49.7 Å². The number of amides is 1. The quantitative estimate of drug-likeness (QED) is 0.822. The fraction of sp³-hybridized carbons (Fsp3) is 0.316. The van der Waals surface area contributed by atoms with Gasteiger partial charge in [-0.1, -0.05) is 29.8 Å². The summed E-state index contributed by atoms with van der Waals surface area (Å²) in [7, 11) is -3.54. The molecule has 2 aromatic carbocycles. The van der Waals surface area contributed by atoms with E-state index < -0.39 is 10.0 Å². The van der Waals surface area contributed by atoms with Gasteiger partial charge in [-0.2, -0.15) is 4.31 Å². The molecular weight excluding hydrogens is 355 g/mol. The van der Waals surface area contributed by atoms with Gasteiger partial charge >= 0.3 is 0 Å². The Morgan fingerprint density at radius 1 is 0.962 bits per heavy atom. The number of hydrogen-bond donors (Lipinski definition) is 0. The minimum atomic E-state index is -3.54. The fourth-order valence-corrected chi connectivity index (χ4v) is 4.35. The molecule has 0 saturated carbocycles. The average molecular weight is 376 g/mol. The molecular formula is C19H21FN2O3S. The molecule has 0 atom stereocenters. The predicted molar refractivity (Wildman–Crippen MR) is 96.6 cm³/mol. The van der Waals surface area contributed by atoms with Gasteiger partial charge < -0.3 is 4.90 Å². The number of nitrogens with zero attached hydrogens (tertiary/aromatic N) is 2. The van der Waals surface area contributed by atoms with Crippen LogP contribution in [0.2, 0.25) is 0 Å². The normalized spacial score (nSPS) is 15.8. The van der Waals surface area contributed by atoms with Crippen LogP contribution in [0.1, 0.15) is 11.1 Å². The minimum Gasteiger partial charge on any atom is -0.340 e. The highest BCUT2D eigenvalue weighted by molar-refractivity contribution is 7.89. The number of benzene rings is 2. The first-order valence-electron chi connectivity index (χ1n) is 8.45. The lowest BCUT2D eigenvalue weighted by molar-refractivity contribution is -0.131. The molecule has 0 aromatic heterocycles. The van der Waals surface area contributed by atoms with Crippen molar-refractivity contribution in [1.29, 1.82) is 0 Å². The first-order chi connectivity index (χ1) is 12.4. The standard InChI is InChI=1S/C19H21FN2O3S/c1-15-2-8-18(9-3-15)26(24,25)22-12-10-21(11-13-22)19(23)14-16-4-6-17(20)7-5-16/h2-9H,10-14H2,1H3. The summed E-state index contributed by atoms with van der Waals surface area (Å²) in [5.74, 6) is -0.417. The van der Waals surface area contributed by atoms with Crippen molar-refractivity contribution in [2.24, 2.45) is 0 Å².